The Morgan fingerprint density at radius 3 is 2.44 bits per heavy atom. The van der Waals surface area contributed by atoms with Gasteiger partial charge in [-0.25, -0.2) is 0 Å². The van der Waals surface area contributed by atoms with Gasteiger partial charge in [-0.1, -0.05) is 11.6 Å². The SMILES string of the molecule is CC(C)=CCC[C@H](C)N. The summed E-state index contributed by atoms with van der Waals surface area (Å²) in [6.07, 6.45) is 4.45. The molecule has 0 bridgehead atoms. The zero-order valence-corrected chi connectivity index (χ0v) is 6.65. The van der Waals surface area contributed by atoms with E-state index in [-0.39, 0.29) is 0 Å². The molecule has 0 amide bonds. The molecular weight excluding hydrogens is 110 g/mol. The summed E-state index contributed by atoms with van der Waals surface area (Å²) in [4.78, 5) is 0. The molecule has 0 saturated heterocycles. The maximum Gasteiger partial charge on any atom is 0.00134 e. The van der Waals surface area contributed by atoms with Gasteiger partial charge in [0.2, 0.25) is 0 Å². The molecule has 0 aromatic heterocycles. The average molecular weight is 127 g/mol. The van der Waals surface area contributed by atoms with Gasteiger partial charge >= 0.3 is 0 Å². The van der Waals surface area contributed by atoms with Crippen molar-refractivity contribution in [2.75, 3.05) is 0 Å². The molecule has 0 fully saturated rings. The molecule has 1 atom stereocenters. The lowest BCUT2D eigenvalue weighted by molar-refractivity contribution is 0.674. The van der Waals surface area contributed by atoms with Crippen LogP contribution < -0.4 is 5.73 Å². The number of allylic oxidation sites excluding steroid dienone is 2. The molecule has 0 unspecified atom stereocenters. The number of hydrogen-bond acceptors (Lipinski definition) is 1. The van der Waals surface area contributed by atoms with Gasteiger partial charge in [-0.15, -0.1) is 0 Å². The topological polar surface area (TPSA) is 26.0 Å². The Bertz CT molecular complexity index is 88.7. The van der Waals surface area contributed by atoms with Crippen LogP contribution in [0.3, 0.4) is 0 Å². The highest BCUT2D eigenvalue weighted by molar-refractivity contribution is 4.92. The zero-order chi connectivity index (χ0) is 7.28. The van der Waals surface area contributed by atoms with Crippen LogP contribution in [0.5, 0.6) is 0 Å². The molecule has 0 heterocycles. The van der Waals surface area contributed by atoms with E-state index >= 15 is 0 Å². The van der Waals surface area contributed by atoms with E-state index in [4.69, 9.17) is 5.73 Å². The molecule has 0 aliphatic carbocycles. The first-order valence-electron chi connectivity index (χ1n) is 3.52. The molecule has 2 N–H and O–H groups in total. The van der Waals surface area contributed by atoms with E-state index < -0.39 is 0 Å². The first kappa shape index (κ1) is 8.70. The summed E-state index contributed by atoms with van der Waals surface area (Å²) in [6, 6.07) is 0.348. The highest BCUT2D eigenvalue weighted by Crippen LogP contribution is 1.98. The first-order chi connectivity index (χ1) is 4.13. The Kier molecular flexibility index (Phi) is 4.41. The maximum atomic E-state index is 5.55. The number of hydrogen-bond donors (Lipinski definition) is 1. The van der Waals surface area contributed by atoms with Crippen LogP contribution in [0.4, 0.5) is 0 Å². The molecule has 0 saturated carbocycles. The van der Waals surface area contributed by atoms with Gasteiger partial charge < -0.3 is 5.73 Å². The van der Waals surface area contributed by atoms with Crippen molar-refractivity contribution in [2.45, 2.75) is 39.7 Å². The van der Waals surface area contributed by atoms with Crippen molar-refractivity contribution in [2.24, 2.45) is 5.73 Å². The summed E-state index contributed by atoms with van der Waals surface area (Å²) >= 11 is 0. The molecule has 0 aromatic carbocycles. The summed E-state index contributed by atoms with van der Waals surface area (Å²) in [6.45, 7) is 6.27. The predicted molar refractivity (Wildman–Crippen MR) is 42.3 cm³/mol. The van der Waals surface area contributed by atoms with Gasteiger partial charge in [-0.3, -0.25) is 0 Å². The molecule has 0 aliphatic heterocycles. The summed E-state index contributed by atoms with van der Waals surface area (Å²) in [5.41, 5.74) is 6.93. The van der Waals surface area contributed by atoms with E-state index in [1.807, 2.05) is 6.92 Å². The van der Waals surface area contributed by atoms with Crippen LogP contribution in [0.2, 0.25) is 0 Å². The second-order valence-electron chi connectivity index (χ2n) is 2.84. The maximum absolute atomic E-state index is 5.55. The summed E-state index contributed by atoms with van der Waals surface area (Å²) in [7, 11) is 0. The van der Waals surface area contributed by atoms with Crippen LogP contribution in [0.25, 0.3) is 0 Å². The van der Waals surface area contributed by atoms with Gasteiger partial charge in [0, 0.05) is 6.04 Å². The van der Waals surface area contributed by atoms with Gasteiger partial charge in [0.05, 0.1) is 0 Å². The van der Waals surface area contributed by atoms with Crippen molar-refractivity contribution < 1.29 is 0 Å². The third kappa shape index (κ3) is 7.70. The van der Waals surface area contributed by atoms with Crippen LogP contribution in [-0.2, 0) is 0 Å². The van der Waals surface area contributed by atoms with E-state index in [0.717, 1.165) is 12.8 Å². The molecule has 1 nitrogen and oxygen atoms in total. The minimum Gasteiger partial charge on any atom is -0.328 e. The third-order valence-electron chi connectivity index (χ3n) is 1.17. The second kappa shape index (κ2) is 4.57. The Hall–Kier alpha value is -0.300. The minimum atomic E-state index is 0.348. The van der Waals surface area contributed by atoms with Crippen molar-refractivity contribution in [1.29, 1.82) is 0 Å². The van der Waals surface area contributed by atoms with Crippen LogP contribution in [0, 0.1) is 0 Å². The van der Waals surface area contributed by atoms with E-state index in [2.05, 4.69) is 19.9 Å². The van der Waals surface area contributed by atoms with Crippen LogP contribution in [-0.4, -0.2) is 6.04 Å². The monoisotopic (exact) mass is 127 g/mol. The smallest absolute Gasteiger partial charge is 0.00134 e. The van der Waals surface area contributed by atoms with Gasteiger partial charge in [0.25, 0.3) is 0 Å². The third-order valence-corrected chi connectivity index (χ3v) is 1.17. The zero-order valence-electron chi connectivity index (χ0n) is 6.65. The van der Waals surface area contributed by atoms with Crippen LogP contribution >= 0.6 is 0 Å². The van der Waals surface area contributed by atoms with Gasteiger partial charge in [-0.2, -0.15) is 0 Å². The Balaban J connectivity index is 3.20. The number of nitrogens with two attached hydrogens (primary N) is 1. The molecule has 1 heteroatoms. The minimum absolute atomic E-state index is 0.348. The van der Waals surface area contributed by atoms with Crippen molar-refractivity contribution in [3.63, 3.8) is 0 Å². The van der Waals surface area contributed by atoms with E-state index in [9.17, 15) is 0 Å². The van der Waals surface area contributed by atoms with Crippen LogP contribution in [0.1, 0.15) is 33.6 Å². The van der Waals surface area contributed by atoms with Gasteiger partial charge in [0.1, 0.15) is 0 Å². The van der Waals surface area contributed by atoms with E-state index in [1.165, 1.54) is 5.57 Å². The first-order valence-corrected chi connectivity index (χ1v) is 3.52. The van der Waals surface area contributed by atoms with Crippen molar-refractivity contribution >= 4 is 0 Å². The lowest BCUT2D eigenvalue weighted by Gasteiger charge is -1.99. The standard InChI is InChI=1S/C8H17N/c1-7(2)5-4-6-8(3)9/h5,8H,4,6,9H2,1-3H3/t8-/m0/s1. The van der Waals surface area contributed by atoms with Crippen LogP contribution in [0.15, 0.2) is 11.6 Å². The molecule has 0 aromatic rings. The molecule has 0 spiro atoms. The fourth-order valence-corrected chi connectivity index (χ4v) is 0.635. The summed E-state index contributed by atoms with van der Waals surface area (Å²) in [5.74, 6) is 0. The fraction of sp³-hybridized carbons (Fsp3) is 0.750. The Morgan fingerprint density at radius 2 is 2.11 bits per heavy atom. The van der Waals surface area contributed by atoms with Gasteiger partial charge in [-0.05, 0) is 33.6 Å². The molecule has 9 heavy (non-hydrogen) atoms. The quantitative estimate of drug-likeness (QED) is 0.577. The second-order valence-corrected chi connectivity index (χ2v) is 2.84. The molecule has 0 rings (SSSR count). The largest absolute Gasteiger partial charge is 0.328 e. The lowest BCUT2D eigenvalue weighted by Crippen LogP contribution is -2.13. The van der Waals surface area contributed by atoms with Crippen molar-refractivity contribution in [3.05, 3.63) is 11.6 Å². The normalized spacial score (nSPS) is 12.9. The average Bonchev–Trinajstić information content (AvgIpc) is 1.63. The van der Waals surface area contributed by atoms with E-state index in [1.54, 1.807) is 0 Å². The molecular formula is C8H17N. The number of rotatable bonds is 3. The molecule has 54 valence electrons. The Labute approximate surface area is 57.9 Å². The van der Waals surface area contributed by atoms with E-state index in [0.29, 0.717) is 6.04 Å². The summed E-state index contributed by atoms with van der Waals surface area (Å²) < 4.78 is 0. The van der Waals surface area contributed by atoms with Crippen molar-refractivity contribution in [3.8, 4) is 0 Å². The van der Waals surface area contributed by atoms with Gasteiger partial charge in [0.15, 0.2) is 0 Å². The highest BCUT2D eigenvalue weighted by atomic mass is 14.6. The fourth-order valence-electron chi connectivity index (χ4n) is 0.635. The predicted octanol–water partition coefficient (Wildman–Crippen LogP) is 2.08. The summed E-state index contributed by atoms with van der Waals surface area (Å²) in [5, 5.41) is 0. The molecule has 0 radical (unpaired) electrons. The highest BCUT2D eigenvalue weighted by Gasteiger charge is 1.89. The Morgan fingerprint density at radius 1 is 1.56 bits per heavy atom. The van der Waals surface area contributed by atoms with Crippen molar-refractivity contribution in [1.82, 2.24) is 0 Å². The molecule has 0 aliphatic rings. The lowest BCUT2D eigenvalue weighted by atomic mass is 10.1.